The van der Waals surface area contributed by atoms with E-state index in [0.717, 1.165) is 0 Å². The quantitative estimate of drug-likeness (QED) is 0.829. The van der Waals surface area contributed by atoms with E-state index in [1.165, 1.54) is 34.3 Å². The first-order chi connectivity index (χ1) is 9.20. The maximum atomic E-state index is 12.0. The molecular weight excluding hydrogens is 284 g/mol. The van der Waals surface area contributed by atoms with Gasteiger partial charge in [-0.25, -0.2) is 9.97 Å². The van der Waals surface area contributed by atoms with Crippen molar-refractivity contribution in [3.8, 4) is 0 Å². The molecule has 0 aliphatic rings. The largest absolute Gasteiger partial charge is 0.315 e. The lowest BCUT2D eigenvalue weighted by Gasteiger charge is -2.03. The van der Waals surface area contributed by atoms with E-state index in [2.05, 4.69) is 27.2 Å². The smallest absolute Gasteiger partial charge is 0.279 e. The molecule has 0 atom stereocenters. The molecule has 0 aliphatic heterocycles. The first-order valence-corrected chi connectivity index (χ1v) is 7.01. The van der Waals surface area contributed by atoms with Crippen LogP contribution in [0.15, 0.2) is 29.7 Å². The maximum absolute atomic E-state index is 12.0. The van der Waals surface area contributed by atoms with Gasteiger partial charge in [0.1, 0.15) is 5.00 Å². The number of carbonyl (C=O) groups is 2. The maximum Gasteiger partial charge on any atom is 0.279 e. The van der Waals surface area contributed by atoms with Crippen molar-refractivity contribution in [1.29, 1.82) is 0 Å². The van der Waals surface area contributed by atoms with Crippen molar-refractivity contribution in [2.75, 3.05) is 10.6 Å². The zero-order chi connectivity index (χ0) is 13.7. The number of thiazole rings is 2. The van der Waals surface area contributed by atoms with E-state index in [1.54, 1.807) is 11.6 Å². The Balaban J connectivity index is 2.08. The number of hydrogen-bond acceptors (Lipinski definition) is 6. The highest BCUT2D eigenvalue weighted by molar-refractivity contribution is 7.14. The summed E-state index contributed by atoms with van der Waals surface area (Å²) in [5.74, 6) is -0.632. The Morgan fingerprint density at radius 3 is 2.84 bits per heavy atom. The predicted octanol–water partition coefficient (Wildman–Crippen LogP) is 2.37. The molecule has 19 heavy (non-hydrogen) atoms. The van der Waals surface area contributed by atoms with E-state index >= 15 is 0 Å². The lowest BCUT2D eigenvalue weighted by atomic mass is 10.3. The highest BCUT2D eigenvalue weighted by atomic mass is 32.1. The Morgan fingerprint density at radius 1 is 1.32 bits per heavy atom. The summed E-state index contributed by atoms with van der Waals surface area (Å²) < 4.78 is 0. The highest BCUT2D eigenvalue weighted by Crippen LogP contribution is 2.22. The third-order valence-corrected chi connectivity index (χ3v) is 3.45. The lowest BCUT2D eigenvalue weighted by Crippen LogP contribution is -2.16. The molecule has 2 N–H and O–H groups in total. The van der Waals surface area contributed by atoms with Crippen LogP contribution in [0.5, 0.6) is 0 Å². The SMILES string of the molecule is C=CCC(=O)Nc1scnc1C(=O)Nc1nccs1. The molecule has 0 spiro atoms. The minimum absolute atomic E-state index is 0.178. The molecule has 2 rings (SSSR count). The van der Waals surface area contributed by atoms with Crippen LogP contribution < -0.4 is 10.6 Å². The number of rotatable bonds is 5. The van der Waals surface area contributed by atoms with E-state index in [4.69, 9.17) is 0 Å². The van der Waals surface area contributed by atoms with Crippen molar-refractivity contribution < 1.29 is 9.59 Å². The molecule has 0 radical (unpaired) electrons. The van der Waals surface area contributed by atoms with Gasteiger partial charge >= 0.3 is 0 Å². The van der Waals surface area contributed by atoms with Gasteiger partial charge in [-0.1, -0.05) is 6.08 Å². The van der Waals surface area contributed by atoms with Crippen LogP contribution in [0.25, 0.3) is 0 Å². The highest BCUT2D eigenvalue weighted by Gasteiger charge is 2.17. The number of carbonyl (C=O) groups excluding carboxylic acids is 2. The zero-order valence-corrected chi connectivity index (χ0v) is 11.4. The van der Waals surface area contributed by atoms with Crippen LogP contribution in [0.1, 0.15) is 16.9 Å². The average molecular weight is 294 g/mol. The van der Waals surface area contributed by atoms with Crippen LogP contribution >= 0.6 is 22.7 Å². The van der Waals surface area contributed by atoms with Crippen LogP contribution in [-0.4, -0.2) is 21.8 Å². The molecule has 0 unspecified atom stereocenters. The molecule has 2 aromatic rings. The third kappa shape index (κ3) is 3.46. The molecule has 2 aromatic heterocycles. The Kier molecular flexibility index (Phi) is 4.37. The second-order valence-electron chi connectivity index (χ2n) is 3.36. The first kappa shape index (κ1) is 13.4. The number of nitrogens with one attached hydrogen (secondary N) is 2. The number of amides is 2. The van der Waals surface area contributed by atoms with Crippen LogP contribution in [0, 0.1) is 0 Å². The monoisotopic (exact) mass is 294 g/mol. The van der Waals surface area contributed by atoms with Gasteiger partial charge in [-0.05, 0) is 0 Å². The fraction of sp³-hybridized carbons (Fsp3) is 0.0909. The molecule has 0 fully saturated rings. The Hall–Kier alpha value is -2.06. The fourth-order valence-corrected chi connectivity index (χ4v) is 2.46. The van der Waals surface area contributed by atoms with Crippen molar-refractivity contribution in [1.82, 2.24) is 9.97 Å². The first-order valence-electron chi connectivity index (χ1n) is 5.25. The standard InChI is InChI=1S/C11H10N4O2S2/c1-2-3-7(16)14-10-8(13-6-19-10)9(17)15-11-12-4-5-18-11/h2,4-6H,1,3H2,(H,14,16)(H,12,15,17). The number of aromatic nitrogens is 2. The van der Waals surface area contributed by atoms with Gasteiger partial charge in [-0.2, -0.15) is 0 Å². The van der Waals surface area contributed by atoms with Gasteiger partial charge in [0.15, 0.2) is 10.8 Å². The minimum Gasteiger partial charge on any atom is -0.315 e. The summed E-state index contributed by atoms with van der Waals surface area (Å²) in [7, 11) is 0. The van der Waals surface area contributed by atoms with Crippen molar-refractivity contribution in [2.24, 2.45) is 0 Å². The third-order valence-electron chi connectivity index (χ3n) is 2.02. The molecule has 0 bridgehead atoms. The molecular formula is C11H10N4O2S2. The summed E-state index contributed by atoms with van der Waals surface area (Å²) in [4.78, 5) is 31.3. The van der Waals surface area contributed by atoms with Gasteiger partial charge in [0.25, 0.3) is 5.91 Å². The van der Waals surface area contributed by atoms with Crippen molar-refractivity contribution in [3.63, 3.8) is 0 Å². The molecule has 0 saturated heterocycles. The zero-order valence-electron chi connectivity index (χ0n) is 9.75. The Labute approximate surface area is 117 Å². The van der Waals surface area contributed by atoms with Crippen molar-refractivity contribution in [2.45, 2.75) is 6.42 Å². The summed E-state index contributed by atoms with van der Waals surface area (Å²) in [6.07, 6.45) is 3.27. The van der Waals surface area contributed by atoms with Gasteiger partial charge in [0.2, 0.25) is 5.91 Å². The number of anilines is 2. The number of hydrogen-bond donors (Lipinski definition) is 2. The second kappa shape index (κ2) is 6.21. The summed E-state index contributed by atoms with van der Waals surface area (Å²) in [6, 6.07) is 0. The van der Waals surface area contributed by atoms with E-state index in [1.807, 2.05) is 0 Å². The molecule has 2 heterocycles. The molecule has 0 aliphatic carbocycles. The second-order valence-corrected chi connectivity index (χ2v) is 5.11. The summed E-state index contributed by atoms with van der Waals surface area (Å²) >= 11 is 2.50. The van der Waals surface area contributed by atoms with Crippen LogP contribution in [0.4, 0.5) is 10.1 Å². The van der Waals surface area contributed by atoms with E-state index in [-0.39, 0.29) is 18.0 Å². The van der Waals surface area contributed by atoms with Crippen LogP contribution in [-0.2, 0) is 4.79 Å². The number of nitrogens with zero attached hydrogens (tertiary/aromatic N) is 2. The lowest BCUT2D eigenvalue weighted by molar-refractivity contribution is -0.115. The van der Waals surface area contributed by atoms with Gasteiger partial charge in [-0.3, -0.25) is 14.9 Å². The summed E-state index contributed by atoms with van der Waals surface area (Å²) in [5, 5.41) is 7.89. The molecule has 6 nitrogen and oxygen atoms in total. The van der Waals surface area contributed by atoms with Crippen molar-refractivity contribution >= 4 is 44.6 Å². The average Bonchev–Trinajstić information content (AvgIpc) is 3.00. The van der Waals surface area contributed by atoms with Gasteiger partial charge in [0, 0.05) is 18.0 Å². The molecule has 2 amide bonds. The molecule has 98 valence electrons. The molecule has 0 saturated carbocycles. The van der Waals surface area contributed by atoms with Gasteiger partial charge in [0.05, 0.1) is 5.51 Å². The Morgan fingerprint density at radius 2 is 2.16 bits per heavy atom. The fourth-order valence-electron chi connectivity index (χ4n) is 1.25. The van der Waals surface area contributed by atoms with Crippen LogP contribution in [0.2, 0.25) is 0 Å². The predicted molar refractivity (Wildman–Crippen MR) is 75.6 cm³/mol. The van der Waals surface area contributed by atoms with Gasteiger partial charge < -0.3 is 5.32 Å². The Bertz CT molecular complexity index is 592. The van der Waals surface area contributed by atoms with E-state index < -0.39 is 5.91 Å². The normalized spacial score (nSPS) is 9.89. The topological polar surface area (TPSA) is 84.0 Å². The molecule has 0 aromatic carbocycles. The van der Waals surface area contributed by atoms with Crippen LogP contribution in [0.3, 0.4) is 0 Å². The van der Waals surface area contributed by atoms with Crippen molar-refractivity contribution in [3.05, 3.63) is 35.4 Å². The van der Waals surface area contributed by atoms with E-state index in [0.29, 0.717) is 10.1 Å². The summed E-state index contributed by atoms with van der Waals surface area (Å²) in [6.45, 7) is 3.48. The minimum atomic E-state index is -0.398. The summed E-state index contributed by atoms with van der Waals surface area (Å²) in [5.41, 5.74) is 1.68. The van der Waals surface area contributed by atoms with E-state index in [9.17, 15) is 9.59 Å². The van der Waals surface area contributed by atoms with Gasteiger partial charge in [-0.15, -0.1) is 29.3 Å². The molecule has 8 heteroatoms.